The Hall–Kier alpha value is -3.29. The summed E-state index contributed by atoms with van der Waals surface area (Å²) in [5.74, 6) is 0.575. The second-order valence-electron chi connectivity index (χ2n) is 6.41. The lowest BCUT2D eigenvalue weighted by molar-refractivity contribution is 0.965. The third-order valence-electron chi connectivity index (χ3n) is 4.60. The van der Waals surface area contributed by atoms with Crippen molar-refractivity contribution in [1.29, 1.82) is 5.26 Å². The van der Waals surface area contributed by atoms with Crippen LogP contribution in [0.15, 0.2) is 54.6 Å². The molecule has 0 aliphatic carbocycles. The summed E-state index contributed by atoms with van der Waals surface area (Å²) < 4.78 is 2.13. The van der Waals surface area contributed by atoms with Crippen molar-refractivity contribution in [2.75, 3.05) is 0 Å². The van der Waals surface area contributed by atoms with E-state index in [9.17, 15) is 5.26 Å². The molecule has 0 spiro atoms. The third-order valence-corrected chi connectivity index (χ3v) is 4.84. The molecule has 4 nitrogen and oxygen atoms in total. The summed E-state index contributed by atoms with van der Waals surface area (Å²) in [5.41, 5.74) is 6.35. The number of imidazole rings is 1. The standard InChI is InChI=1S/C22H17ClN4/c1-14-10-16(15(2)27(14)19-7-5-6-18(23)12-19)11-17(13-24)22-25-20-8-3-4-9-21(20)26-22/h3-12H,1-2H3,(H,25,26)/b17-11-. The van der Waals surface area contributed by atoms with Crippen LogP contribution in [0.1, 0.15) is 22.8 Å². The first-order valence-corrected chi connectivity index (χ1v) is 8.96. The van der Waals surface area contributed by atoms with Crippen LogP contribution in [-0.4, -0.2) is 14.5 Å². The van der Waals surface area contributed by atoms with E-state index in [2.05, 4.69) is 26.7 Å². The zero-order valence-electron chi connectivity index (χ0n) is 15.0. The first-order chi connectivity index (χ1) is 13.1. The molecule has 1 N–H and O–H groups in total. The summed E-state index contributed by atoms with van der Waals surface area (Å²) in [6.07, 6.45) is 1.88. The van der Waals surface area contributed by atoms with Crippen LogP contribution in [0.4, 0.5) is 0 Å². The Kier molecular flexibility index (Phi) is 4.31. The van der Waals surface area contributed by atoms with Gasteiger partial charge in [0.15, 0.2) is 0 Å². The second kappa shape index (κ2) is 6.79. The first kappa shape index (κ1) is 17.1. The van der Waals surface area contributed by atoms with Gasteiger partial charge in [0.2, 0.25) is 0 Å². The number of nitrogens with one attached hydrogen (secondary N) is 1. The molecule has 2 heterocycles. The molecule has 5 heteroatoms. The fraction of sp³-hybridized carbons (Fsp3) is 0.0909. The SMILES string of the molecule is Cc1cc(/C=C(/C#N)c2nc3ccccc3[nH]2)c(C)n1-c1cccc(Cl)c1. The average molecular weight is 373 g/mol. The van der Waals surface area contributed by atoms with Crippen molar-refractivity contribution in [3.63, 3.8) is 0 Å². The number of aryl methyl sites for hydroxylation is 1. The maximum atomic E-state index is 9.68. The van der Waals surface area contributed by atoms with E-state index in [0.29, 0.717) is 16.4 Å². The highest BCUT2D eigenvalue weighted by Crippen LogP contribution is 2.26. The Labute approximate surface area is 162 Å². The van der Waals surface area contributed by atoms with Crippen LogP contribution in [-0.2, 0) is 0 Å². The molecule has 0 saturated carbocycles. The highest BCUT2D eigenvalue weighted by atomic mass is 35.5. The van der Waals surface area contributed by atoms with Crippen molar-refractivity contribution in [3.8, 4) is 11.8 Å². The minimum absolute atomic E-state index is 0.498. The van der Waals surface area contributed by atoms with Crippen molar-refractivity contribution in [3.05, 3.63) is 82.4 Å². The largest absolute Gasteiger partial charge is 0.337 e. The number of aromatic amines is 1. The predicted molar refractivity (Wildman–Crippen MR) is 110 cm³/mol. The quantitative estimate of drug-likeness (QED) is 0.470. The zero-order chi connectivity index (χ0) is 19.0. The highest BCUT2D eigenvalue weighted by Gasteiger charge is 2.13. The highest BCUT2D eigenvalue weighted by molar-refractivity contribution is 6.30. The zero-order valence-corrected chi connectivity index (χ0v) is 15.7. The molecule has 0 aliphatic rings. The molecule has 2 aromatic carbocycles. The Morgan fingerprint density at radius 2 is 1.96 bits per heavy atom. The van der Waals surface area contributed by atoms with E-state index in [0.717, 1.165) is 33.7 Å². The fourth-order valence-electron chi connectivity index (χ4n) is 3.34. The molecule has 0 atom stereocenters. The Bertz CT molecular complexity index is 1190. The maximum Gasteiger partial charge on any atom is 0.149 e. The van der Waals surface area contributed by atoms with Crippen LogP contribution in [0.2, 0.25) is 5.02 Å². The number of benzene rings is 2. The van der Waals surface area contributed by atoms with Gasteiger partial charge >= 0.3 is 0 Å². The number of halogens is 1. The molecular formula is C22H17ClN4. The minimum atomic E-state index is 0.498. The summed E-state index contributed by atoms with van der Waals surface area (Å²) in [4.78, 5) is 7.76. The van der Waals surface area contributed by atoms with E-state index in [-0.39, 0.29) is 0 Å². The molecule has 4 aromatic rings. The van der Waals surface area contributed by atoms with Crippen LogP contribution < -0.4 is 0 Å². The van der Waals surface area contributed by atoms with E-state index in [4.69, 9.17) is 11.6 Å². The number of nitrogens with zero attached hydrogens (tertiary/aromatic N) is 3. The lowest BCUT2D eigenvalue weighted by Gasteiger charge is -2.10. The molecular weight excluding hydrogens is 356 g/mol. The molecule has 4 rings (SSSR count). The molecule has 27 heavy (non-hydrogen) atoms. The van der Waals surface area contributed by atoms with Gasteiger partial charge in [-0.05, 0) is 61.9 Å². The van der Waals surface area contributed by atoms with Gasteiger partial charge in [0.1, 0.15) is 11.9 Å². The Morgan fingerprint density at radius 1 is 1.15 bits per heavy atom. The van der Waals surface area contributed by atoms with Crippen LogP contribution in [0.5, 0.6) is 0 Å². The number of hydrogen-bond acceptors (Lipinski definition) is 2. The van der Waals surface area contributed by atoms with Gasteiger partial charge in [-0.15, -0.1) is 0 Å². The van der Waals surface area contributed by atoms with Crippen molar-refractivity contribution >= 4 is 34.3 Å². The molecule has 0 fully saturated rings. The Balaban J connectivity index is 1.81. The molecule has 132 valence electrons. The lowest BCUT2D eigenvalue weighted by Crippen LogP contribution is -1.98. The second-order valence-corrected chi connectivity index (χ2v) is 6.85. The normalized spacial score (nSPS) is 11.7. The molecule has 2 aromatic heterocycles. The van der Waals surface area contributed by atoms with Crippen molar-refractivity contribution in [2.45, 2.75) is 13.8 Å². The summed E-state index contributed by atoms with van der Waals surface area (Å²) in [7, 11) is 0. The number of fused-ring (bicyclic) bond motifs is 1. The van der Waals surface area contributed by atoms with Gasteiger partial charge in [-0.25, -0.2) is 4.98 Å². The van der Waals surface area contributed by atoms with E-state index < -0.39 is 0 Å². The number of hydrogen-bond donors (Lipinski definition) is 1. The van der Waals surface area contributed by atoms with Gasteiger partial charge in [0.05, 0.1) is 16.6 Å². The number of aromatic nitrogens is 3. The number of rotatable bonds is 3. The minimum Gasteiger partial charge on any atom is -0.337 e. The fourth-order valence-corrected chi connectivity index (χ4v) is 3.52. The molecule has 0 bridgehead atoms. The van der Waals surface area contributed by atoms with Gasteiger partial charge in [-0.2, -0.15) is 5.26 Å². The number of para-hydroxylation sites is 2. The van der Waals surface area contributed by atoms with Crippen molar-refractivity contribution in [2.24, 2.45) is 0 Å². The van der Waals surface area contributed by atoms with Gasteiger partial charge in [0, 0.05) is 22.1 Å². The van der Waals surface area contributed by atoms with E-state index in [1.165, 1.54) is 0 Å². The molecule has 0 amide bonds. The Morgan fingerprint density at radius 3 is 2.70 bits per heavy atom. The van der Waals surface area contributed by atoms with Crippen LogP contribution in [0.3, 0.4) is 0 Å². The van der Waals surface area contributed by atoms with E-state index in [1.54, 1.807) is 0 Å². The number of nitriles is 1. The maximum absolute atomic E-state index is 9.68. The third kappa shape index (κ3) is 3.14. The van der Waals surface area contributed by atoms with Crippen LogP contribution >= 0.6 is 11.6 Å². The lowest BCUT2D eigenvalue weighted by atomic mass is 10.1. The summed E-state index contributed by atoms with van der Waals surface area (Å²) in [6.45, 7) is 4.08. The number of allylic oxidation sites excluding steroid dienone is 1. The van der Waals surface area contributed by atoms with Crippen molar-refractivity contribution < 1.29 is 0 Å². The monoisotopic (exact) mass is 372 g/mol. The summed E-state index contributed by atoms with van der Waals surface area (Å²) in [5, 5.41) is 10.4. The number of H-pyrrole nitrogens is 1. The average Bonchev–Trinajstić information content (AvgIpc) is 3.20. The molecule has 0 aliphatic heterocycles. The smallest absolute Gasteiger partial charge is 0.149 e. The van der Waals surface area contributed by atoms with Gasteiger partial charge < -0.3 is 9.55 Å². The van der Waals surface area contributed by atoms with Crippen LogP contribution in [0.25, 0.3) is 28.4 Å². The van der Waals surface area contributed by atoms with Gasteiger partial charge in [0.25, 0.3) is 0 Å². The van der Waals surface area contributed by atoms with E-state index in [1.807, 2.05) is 68.5 Å². The van der Waals surface area contributed by atoms with Crippen molar-refractivity contribution in [1.82, 2.24) is 14.5 Å². The molecule has 0 radical (unpaired) electrons. The first-order valence-electron chi connectivity index (χ1n) is 8.58. The van der Waals surface area contributed by atoms with E-state index >= 15 is 0 Å². The topological polar surface area (TPSA) is 57.4 Å². The molecule has 0 saturated heterocycles. The summed E-state index contributed by atoms with van der Waals surface area (Å²) in [6, 6.07) is 19.8. The van der Waals surface area contributed by atoms with Crippen LogP contribution in [0, 0.1) is 25.2 Å². The van der Waals surface area contributed by atoms with Gasteiger partial charge in [-0.3, -0.25) is 0 Å². The summed E-state index contributed by atoms with van der Waals surface area (Å²) >= 11 is 6.15. The predicted octanol–water partition coefficient (Wildman–Crippen LogP) is 5.69. The molecule has 0 unspecified atom stereocenters. The van der Waals surface area contributed by atoms with Gasteiger partial charge in [-0.1, -0.05) is 29.8 Å².